The highest BCUT2D eigenvalue weighted by Gasteiger charge is 2.12. The number of carbonyl (C=O) groups is 1. The zero-order valence-electron chi connectivity index (χ0n) is 12.4. The van der Waals surface area contributed by atoms with Crippen LogP contribution in [0, 0.1) is 0 Å². The van der Waals surface area contributed by atoms with Gasteiger partial charge in [0.15, 0.2) is 0 Å². The third-order valence-electron chi connectivity index (χ3n) is 3.27. The van der Waals surface area contributed by atoms with Gasteiger partial charge in [0.25, 0.3) is 0 Å². The Morgan fingerprint density at radius 3 is 2.90 bits per heavy atom. The van der Waals surface area contributed by atoms with Gasteiger partial charge >= 0.3 is 6.03 Å². The Balaban J connectivity index is 2.00. The minimum absolute atomic E-state index is 0.222. The molecule has 0 aliphatic carbocycles. The largest absolute Gasteiger partial charge is 0.389 e. The van der Waals surface area contributed by atoms with E-state index in [1.165, 1.54) is 0 Å². The lowest BCUT2D eigenvalue weighted by Crippen LogP contribution is -2.31. The maximum absolute atomic E-state index is 12.1. The van der Waals surface area contributed by atoms with Crippen molar-refractivity contribution in [2.75, 3.05) is 12.4 Å². The summed E-state index contributed by atoms with van der Waals surface area (Å²) in [4.78, 5) is 17.9. The topological polar surface area (TPSA) is 70.4 Å². The molecule has 2 amide bonds. The number of rotatable bonds is 4. The summed E-state index contributed by atoms with van der Waals surface area (Å²) in [7, 11) is 3.60. The average Bonchev–Trinajstić information content (AvgIpc) is 2.84. The van der Waals surface area contributed by atoms with Crippen molar-refractivity contribution in [3.63, 3.8) is 0 Å². The van der Waals surface area contributed by atoms with Crippen molar-refractivity contribution in [3.05, 3.63) is 48.0 Å². The fraction of sp³-hybridized carbons (Fsp3) is 0.333. The second kappa shape index (κ2) is 6.41. The summed E-state index contributed by atoms with van der Waals surface area (Å²) in [6.45, 7) is 2.11. The molecule has 0 fully saturated rings. The number of carbonyl (C=O) groups excluding carboxylic acids is 1. The monoisotopic (exact) mass is 288 g/mol. The molecular weight excluding hydrogens is 268 g/mol. The van der Waals surface area contributed by atoms with Gasteiger partial charge in [-0.15, -0.1) is 0 Å². The Morgan fingerprint density at radius 2 is 2.29 bits per heavy atom. The summed E-state index contributed by atoms with van der Waals surface area (Å²) in [5, 5.41) is 12.4. The van der Waals surface area contributed by atoms with Crippen molar-refractivity contribution in [2.45, 2.75) is 19.6 Å². The van der Waals surface area contributed by atoms with Crippen LogP contribution in [0.3, 0.4) is 0 Å². The normalized spacial score (nSPS) is 12.0. The van der Waals surface area contributed by atoms with Crippen molar-refractivity contribution in [1.29, 1.82) is 0 Å². The first-order valence-corrected chi connectivity index (χ1v) is 6.73. The van der Waals surface area contributed by atoms with E-state index in [9.17, 15) is 9.90 Å². The Morgan fingerprint density at radius 1 is 1.52 bits per heavy atom. The summed E-state index contributed by atoms with van der Waals surface area (Å²) < 4.78 is 1.87. The number of hydrogen-bond donors (Lipinski definition) is 2. The predicted molar refractivity (Wildman–Crippen MR) is 80.8 cm³/mol. The lowest BCUT2D eigenvalue weighted by atomic mass is 10.1. The average molecular weight is 288 g/mol. The van der Waals surface area contributed by atoms with E-state index in [2.05, 4.69) is 10.3 Å². The molecule has 2 rings (SSSR count). The molecule has 6 nitrogen and oxygen atoms in total. The van der Waals surface area contributed by atoms with E-state index in [-0.39, 0.29) is 6.03 Å². The van der Waals surface area contributed by atoms with Crippen LogP contribution in [0.25, 0.3) is 0 Å². The SMILES string of the molecule is CC(O)c1cccc(NC(=O)N(C)Cc2nccn2C)c1. The second-order valence-corrected chi connectivity index (χ2v) is 5.04. The minimum Gasteiger partial charge on any atom is -0.389 e. The van der Waals surface area contributed by atoms with Crippen molar-refractivity contribution >= 4 is 11.7 Å². The molecule has 0 spiro atoms. The predicted octanol–water partition coefficient (Wildman–Crippen LogP) is 2.14. The number of aromatic nitrogens is 2. The van der Waals surface area contributed by atoms with Crippen molar-refractivity contribution in [3.8, 4) is 0 Å². The first-order chi connectivity index (χ1) is 9.97. The molecular formula is C15H20N4O2. The van der Waals surface area contributed by atoms with E-state index in [0.717, 1.165) is 11.4 Å². The summed E-state index contributed by atoms with van der Waals surface area (Å²) in [5.41, 5.74) is 1.42. The Kier molecular flexibility index (Phi) is 4.59. The van der Waals surface area contributed by atoms with Crippen LogP contribution in [0.1, 0.15) is 24.4 Å². The van der Waals surface area contributed by atoms with Gasteiger partial charge in [-0.25, -0.2) is 9.78 Å². The van der Waals surface area contributed by atoms with Crippen LogP contribution >= 0.6 is 0 Å². The molecule has 1 unspecified atom stereocenters. The van der Waals surface area contributed by atoms with Crippen LogP contribution < -0.4 is 5.32 Å². The number of nitrogens with zero attached hydrogens (tertiary/aromatic N) is 3. The molecule has 1 atom stereocenters. The van der Waals surface area contributed by atoms with Gasteiger partial charge in [-0.1, -0.05) is 12.1 Å². The molecule has 0 radical (unpaired) electrons. The molecule has 2 aromatic rings. The highest BCUT2D eigenvalue weighted by Crippen LogP contribution is 2.17. The Labute approximate surface area is 124 Å². The van der Waals surface area contributed by atoms with E-state index < -0.39 is 6.10 Å². The molecule has 1 aromatic heterocycles. The molecule has 0 aliphatic rings. The number of aliphatic hydroxyl groups excluding tert-OH is 1. The smallest absolute Gasteiger partial charge is 0.321 e. The van der Waals surface area contributed by atoms with Crippen LogP contribution in [0.15, 0.2) is 36.7 Å². The molecule has 0 saturated carbocycles. The highest BCUT2D eigenvalue weighted by molar-refractivity contribution is 5.89. The van der Waals surface area contributed by atoms with E-state index in [1.807, 2.05) is 23.9 Å². The van der Waals surface area contributed by atoms with Crippen molar-refractivity contribution < 1.29 is 9.90 Å². The molecule has 21 heavy (non-hydrogen) atoms. The van der Waals surface area contributed by atoms with Gasteiger partial charge in [-0.2, -0.15) is 0 Å². The van der Waals surface area contributed by atoms with Crippen LogP contribution in [0.2, 0.25) is 0 Å². The molecule has 0 aliphatic heterocycles. The number of imidazole rings is 1. The van der Waals surface area contributed by atoms with Gasteiger partial charge in [0, 0.05) is 32.2 Å². The quantitative estimate of drug-likeness (QED) is 0.905. The standard InChI is InChI=1S/C15H20N4O2/c1-11(20)12-5-4-6-13(9-12)17-15(21)19(3)10-14-16-7-8-18(14)2/h4-9,11,20H,10H2,1-3H3,(H,17,21). The number of amides is 2. The maximum Gasteiger partial charge on any atom is 0.321 e. The van der Waals surface area contributed by atoms with Crippen molar-refractivity contribution in [2.24, 2.45) is 7.05 Å². The molecule has 0 saturated heterocycles. The zero-order chi connectivity index (χ0) is 15.4. The first kappa shape index (κ1) is 15.1. The second-order valence-electron chi connectivity index (χ2n) is 5.04. The number of anilines is 1. The molecule has 0 bridgehead atoms. The van der Waals surface area contributed by atoms with Gasteiger partial charge in [-0.3, -0.25) is 0 Å². The van der Waals surface area contributed by atoms with Gasteiger partial charge in [-0.05, 0) is 24.6 Å². The molecule has 112 valence electrons. The third kappa shape index (κ3) is 3.82. The highest BCUT2D eigenvalue weighted by atomic mass is 16.3. The molecule has 6 heteroatoms. The number of aliphatic hydroxyl groups is 1. The van der Waals surface area contributed by atoms with E-state index in [0.29, 0.717) is 12.2 Å². The number of hydrogen-bond acceptors (Lipinski definition) is 3. The first-order valence-electron chi connectivity index (χ1n) is 6.73. The lowest BCUT2D eigenvalue weighted by Gasteiger charge is -2.18. The summed E-state index contributed by atoms with van der Waals surface area (Å²) in [6, 6.07) is 6.95. The van der Waals surface area contributed by atoms with Crippen LogP contribution in [-0.2, 0) is 13.6 Å². The summed E-state index contributed by atoms with van der Waals surface area (Å²) in [6.07, 6.45) is 2.98. The lowest BCUT2D eigenvalue weighted by molar-refractivity contribution is 0.199. The minimum atomic E-state index is -0.563. The molecule has 2 N–H and O–H groups in total. The fourth-order valence-electron chi connectivity index (χ4n) is 1.93. The maximum atomic E-state index is 12.1. The van der Waals surface area contributed by atoms with Crippen LogP contribution in [0.4, 0.5) is 10.5 Å². The zero-order valence-corrected chi connectivity index (χ0v) is 12.4. The van der Waals surface area contributed by atoms with E-state index in [4.69, 9.17) is 0 Å². The van der Waals surface area contributed by atoms with Gasteiger partial charge < -0.3 is 19.9 Å². The summed E-state index contributed by atoms with van der Waals surface area (Å²) in [5.74, 6) is 0.811. The fourth-order valence-corrected chi connectivity index (χ4v) is 1.93. The summed E-state index contributed by atoms with van der Waals surface area (Å²) >= 11 is 0. The van der Waals surface area contributed by atoms with E-state index in [1.54, 1.807) is 43.3 Å². The van der Waals surface area contributed by atoms with Gasteiger partial charge in [0.1, 0.15) is 5.82 Å². The van der Waals surface area contributed by atoms with Crippen LogP contribution in [0.5, 0.6) is 0 Å². The van der Waals surface area contributed by atoms with E-state index >= 15 is 0 Å². The Hall–Kier alpha value is -2.34. The molecule has 1 aromatic carbocycles. The number of aryl methyl sites for hydroxylation is 1. The van der Waals surface area contributed by atoms with Gasteiger partial charge in [0.05, 0.1) is 12.6 Å². The van der Waals surface area contributed by atoms with Gasteiger partial charge in [0.2, 0.25) is 0 Å². The Bertz CT molecular complexity index is 622. The number of nitrogens with one attached hydrogen (secondary N) is 1. The van der Waals surface area contributed by atoms with Crippen LogP contribution in [-0.4, -0.2) is 32.6 Å². The third-order valence-corrected chi connectivity index (χ3v) is 3.27. The van der Waals surface area contributed by atoms with Crippen molar-refractivity contribution in [1.82, 2.24) is 14.5 Å². The number of benzene rings is 1. The molecule has 1 heterocycles. The number of urea groups is 1.